The third-order valence-corrected chi connectivity index (χ3v) is 20.1. The molecule has 1 aliphatic heterocycles. The molecule has 103 heavy (non-hydrogen) atoms. The number of carbonyl (C=O) groups is 2. The van der Waals surface area contributed by atoms with E-state index in [2.05, 4.69) is 48.7 Å². The molecule has 0 saturated carbocycles. The minimum absolute atomic E-state index is 0.0381. The summed E-state index contributed by atoms with van der Waals surface area (Å²) in [4.78, 5) is 30.5. The van der Waals surface area contributed by atoms with E-state index in [0.29, 0.717) is 32.5 Å². The molecule has 0 bridgehead atoms. The van der Waals surface area contributed by atoms with Crippen LogP contribution in [0.25, 0.3) is 0 Å². The van der Waals surface area contributed by atoms with Crippen molar-refractivity contribution in [2.45, 2.75) is 333 Å². The molecule has 1 aliphatic rings. The second kappa shape index (κ2) is 57.7. The van der Waals surface area contributed by atoms with Crippen LogP contribution in [-0.4, -0.2) is 106 Å². The van der Waals surface area contributed by atoms with Crippen LogP contribution < -0.4 is 10.6 Å². The van der Waals surface area contributed by atoms with Crippen LogP contribution in [0.2, 0.25) is 0 Å². The number of rotatable bonds is 63. The van der Waals surface area contributed by atoms with Crippen molar-refractivity contribution in [1.82, 2.24) is 15.5 Å². The molecule has 8 atom stereocenters. The van der Waals surface area contributed by atoms with Gasteiger partial charge in [0.15, 0.2) is 6.29 Å². The lowest BCUT2D eigenvalue weighted by molar-refractivity contribution is -0.328. The van der Waals surface area contributed by atoms with Gasteiger partial charge < -0.3 is 53.4 Å². The predicted octanol–water partition coefficient (Wildman–Crippen LogP) is 21.9. The van der Waals surface area contributed by atoms with Crippen LogP contribution in [0, 0.1) is 0 Å². The first-order valence-electron chi connectivity index (χ1n) is 41.2. The second-order valence-electron chi connectivity index (χ2n) is 29.5. The lowest BCUT2D eigenvalue weighted by atomic mass is 9.97. The maximum absolute atomic E-state index is 14.9. The van der Waals surface area contributed by atoms with Crippen molar-refractivity contribution in [3.63, 3.8) is 0 Å². The molecule has 1 heterocycles. The Kier molecular flexibility index (Phi) is 48.4. The number of unbranched alkanes of at least 4 members (excludes halogenated alkanes) is 33. The zero-order valence-electron chi connectivity index (χ0n) is 64.6. The lowest BCUT2D eigenvalue weighted by Gasteiger charge is -2.46. The number of likely N-dealkylation sites (N-methyl/N-ethyl adjacent to an activating group) is 1. The molecule has 0 spiro atoms. The van der Waals surface area contributed by atoms with Gasteiger partial charge in [-0.3, -0.25) is 4.79 Å². The second-order valence-corrected chi connectivity index (χ2v) is 29.5. The Morgan fingerprint density at radius 3 is 1.16 bits per heavy atom. The van der Waals surface area contributed by atoms with Crippen LogP contribution in [0.5, 0.6) is 0 Å². The average Bonchev–Trinajstić information content (AvgIpc) is 0.795. The Morgan fingerprint density at radius 2 is 0.757 bits per heavy atom. The highest BCUT2D eigenvalue weighted by Crippen LogP contribution is 2.33. The maximum atomic E-state index is 14.9. The summed E-state index contributed by atoms with van der Waals surface area (Å²) in [7, 11) is 3.92. The molecule has 0 radical (unpaired) electrons. The van der Waals surface area contributed by atoms with Gasteiger partial charge in [0.25, 0.3) is 0 Å². The molecule has 0 unspecified atom stereocenters. The molecule has 6 rings (SSSR count). The Hall–Kier alpha value is -5.48. The van der Waals surface area contributed by atoms with Gasteiger partial charge >= 0.3 is 6.09 Å². The Morgan fingerprint density at radius 1 is 0.408 bits per heavy atom. The number of nitrogens with zero attached hydrogens (tertiary/aromatic N) is 1. The van der Waals surface area contributed by atoms with E-state index in [1.54, 1.807) is 0 Å². The van der Waals surface area contributed by atoms with Gasteiger partial charge in [0.2, 0.25) is 5.91 Å². The number of ether oxygens (including phenoxy) is 8. The van der Waals surface area contributed by atoms with Crippen LogP contribution in [0.15, 0.2) is 152 Å². The van der Waals surface area contributed by atoms with Gasteiger partial charge in [0.1, 0.15) is 37.1 Å². The van der Waals surface area contributed by atoms with Gasteiger partial charge in [0.05, 0.1) is 51.8 Å². The summed E-state index contributed by atoms with van der Waals surface area (Å²) < 4.78 is 56.1. The topological polar surface area (TPSA) is 135 Å². The molecule has 2 amide bonds. The number of alkyl carbamates (subject to hydrolysis) is 1. The molecule has 5 aromatic rings. The van der Waals surface area contributed by atoms with E-state index < -0.39 is 55.0 Å². The number of amides is 2. The molecule has 5 aromatic carbocycles. The summed E-state index contributed by atoms with van der Waals surface area (Å²) in [5.74, 6) is -0.0657. The van der Waals surface area contributed by atoms with Crippen LogP contribution >= 0.6 is 0 Å². The summed E-state index contributed by atoms with van der Waals surface area (Å²) >= 11 is 0. The van der Waals surface area contributed by atoms with E-state index in [1.165, 1.54) is 186 Å². The molecular formula is C90H139N3O10. The SMILES string of the molecule is CCCCCCCCCCCCCCCCCCCCCCCCCC(=O)N[C@@H](CO[C@H]1O[C@H](COC(=O)NCCN(C)C)[C@H](OCc2ccccc2)[C@H](OCc2ccccc2)[C@H]1OCc1ccccc1)[C@H](OCc1ccccc1)[C@@H](CCCCCCCCCCCCCC)OCc1ccccc1. The molecule has 13 nitrogen and oxygen atoms in total. The maximum Gasteiger partial charge on any atom is 0.407 e. The molecule has 13 heteroatoms. The summed E-state index contributed by atoms with van der Waals surface area (Å²) in [5, 5.41) is 6.44. The highest BCUT2D eigenvalue weighted by Gasteiger charge is 2.50. The Balaban J connectivity index is 1.22. The number of hydrogen-bond donors (Lipinski definition) is 2. The third-order valence-electron chi connectivity index (χ3n) is 20.1. The van der Waals surface area contributed by atoms with Gasteiger partial charge in [-0.15, -0.1) is 0 Å². The lowest BCUT2D eigenvalue weighted by Crippen LogP contribution is -2.63. The van der Waals surface area contributed by atoms with Gasteiger partial charge in [-0.05, 0) is 54.8 Å². The summed E-state index contributed by atoms with van der Waals surface area (Å²) in [6, 6.07) is 49.9. The van der Waals surface area contributed by atoms with Crippen molar-refractivity contribution >= 4 is 12.0 Å². The fourth-order valence-electron chi connectivity index (χ4n) is 13.9. The fourth-order valence-corrected chi connectivity index (χ4v) is 13.9. The van der Waals surface area contributed by atoms with Crippen LogP contribution in [0.3, 0.4) is 0 Å². The van der Waals surface area contributed by atoms with Crippen molar-refractivity contribution in [1.29, 1.82) is 0 Å². The highest BCUT2D eigenvalue weighted by molar-refractivity contribution is 5.76. The first-order chi connectivity index (χ1) is 50.8. The third kappa shape index (κ3) is 40.2. The molecule has 1 saturated heterocycles. The van der Waals surface area contributed by atoms with Gasteiger partial charge in [-0.2, -0.15) is 0 Å². The summed E-state index contributed by atoms with van der Waals surface area (Å²) in [6.45, 7) is 6.69. The van der Waals surface area contributed by atoms with Crippen LogP contribution in [0.1, 0.15) is 279 Å². The number of benzene rings is 5. The zero-order chi connectivity index (χ0) is 72.5. The normalized spacial score (nSPS) is 16.9. The van der Waals surface area contributed by atoms with Crippen molar-refractivity contribution in [2.24, 2.45) is 0 Å². The quantitative estimate of drug-likeness (QED) is 0.0360. The fraction of sp³-hybridized carbons (Fsp3) is 0.644. The zero-order valence-corrected chi connectivity index (χ0v) is 64.6. The molecule has 0 aromatic heterocycles. The van der Waals surface area contributed by atoms with Crippen molar-refractivity contribution in [2.75, 3.05) is 40.4 Å². The van der Waals surface area contributed by atoms with Crippen molar-refractivity contribution in [3.8, 4) is 0 Å². The molecule has 574 valence electrons. The molecule has 0 aliphatic carbocycles. The summed E-state index contributed by atoms with van der Waals surface area (Å²) in [5.41, 5.74) is 4.93. The van der Waals surface area contributed by atoms with E-state index in [9.17, 15) is 9.59 Å². The van der Waals surface area contributed by atoms with Crippen LogP contribution in [-0.2, 0) is 75.7 Å². The van der Waals surface area contributed by atoms with Gasteiger partial charge in [-0.1, -0.05) is 384 Å². The smallest absolute Gasteiger partial charge is 0.407 e. The minimum atomic E-state index is -1.12. The Bertz CT molecular complexity index is 2770. The van der Waals surface area contributed by atoms with E-state index in [1.807, 2.05) is 146 Å². The number of nitrogens with one attached hydrogen (secondary N) is 2. The molecule has 1 fully saturated rings. The largest absolute Gasteiger partial charge is 0.447 e. The van der Waals surface area contributed by atoms with Crippen molar-refractivity contribution in [3.05, 3.63) is 179 Å². The number of carbonyl (C=O) groups excluding carboxylic acids is 2. The van der Waals surface area contributed by atoms with E-state index in [-0.39, 0.29) is 45.5 Å². The summed E-state index contributed by atoms with van der Waals surface area (Å²) in [6.07, 6.45) is 39.9. The number of hydrogen-bond acceptors (Lipinski definition) is 11. The van der Waals surface area contributed by atoms with E-state index >= 15 is 0 Å². The highest BCUT2D eigenvalue weighted by atomic mass is 16.7. The predicted molar refractivity (Wildman–Crippen MR) is 422 cm³/mol. The standard InChI is InChI=1S/C90H139N3O10/c1-5-7-9-11-13-15-17-19-20-21-22-23-24-25-26-27-28-29-31-33-35-37-54-66-84(94)92-81(85(97-70-77-57-45-39-46-58-77)82(96-69-76-55-43-38-44-56-76)65-53-36-34-32-30-18-16-14-12-10-8-6-2)74-101-89-88(100-73-80-63-51-42-52-64-80)87(99-72-79-61-49-41-50-62-79)86(98-71-78-59-47-40-48-60-78)83(103-89)75-102-90(95)91-67-68-93(3)4/h38-52,55-64,81-83,85-89H,5-37,53-54,65-75H2,1-4H3,(H,91,95)(H,92,94)/t81-,82+,83+,85-,86-,87-,88+,89-/m0/s1. The van der Waals surface area contributed by atoms with E-state index in [4.69, 9.17) is 37.9 Å². The first kappa shape index (κ1) is 86.4. The molecule has 2 N–H and O–H groups in total. The first-order valence-corrected chi connectivity index (χ1v) is 41.2. The average molecular weight is 1420 g/mol. The minimum Gasteiger partial charge on any atom is -0.447 e. The van der Waals surface area contributed by atoms with Crippen LogP contribution in [0.4, 0.5) is 4.79 Å². The van der Waals surface area contributed by atoms with Crippen molar-refractivity contribution < 1.29 is 47.5 Å². The molecular weight excluding hydrogens is 1280 g/mol. The monoisotopic (exact) mass is 1420 g/mol. The van der Waals surface area contributed by atoms with Gasteiger partial charge in [0, 0.05) is 19.5 Å². The Labute approximate surface area is 625 Å². The van der Waals surface area contributed by atoms with Gasteiger partial charge in [-0.25, -0.2) is 4.79 Å². The van der Waals surface area contributed by atoms with E-state index in [0.717, 1.165) is 66.3 Å².